The zero-order valence-corrected chi connectivity index (χ0v) is 13.9. The highest BCUT2D eigenvalue weighted by Crippen LogP contribution is 2.29. The smallest absolute Gasteiger partial charge is 0.341 e. The Morgan fingerprint density at radius 2 is 2.13 bits per heavy atom. The molecule has 2 rings (SSSR count). The summed E-state index contributed by atoms with van der Waals surface area (Å²) < 4.78 is 21.2. The van der Waals surface area contributed by atoms with Gasteiger partial charge in [0.05, 0.1) is 18.5 Å². The number of aromatic nitrogens is 2. The second-order valence-electron chi connectivity index (χ2n) is 5.44. The Labute approximate surface area is 135 Å². The highest BCUT2D eigenvalue weighted by atomic mass is 19.1. The predicted octanol–water partition coefficient (Wildman–Crippen LogP) is 3.71. The molecule has 1 heterocycles. The Morgan fingerprint density at radius 3 is 2.70 bits per heavy atom. The number of ether oxygens (including phenoxy) is 1. The molecule has 0 atom stereocenters. The van der Waals surface area contributed by atoms with Crippen LogP contribution in [0.4, 0.5) is 10.1 Å². The van der Waals surface area contributed by atoms with Crippen LogP contribution in [0.3, 0.4) is 0 Å². The van der Waals surface area contributed by atoms with E-state index in [2.05, 4.69) is 10.4 Å². The van der Waals surface area contributed by atoms with Gasteiger partial charge in [0.15, 0.2) is 0 Å². The number of rotatable bonds is 6. The lowest BCUT2D eigenvalue weighted by Gasteiger charge is -2.13. The Hall–Kier alpha value is -2.37. The summed E-state index contributed by atoms with van der Waals surface area (Å²) in [5.41, 5.74) is 1.75. The molecule has 0 unspecified atom stereocenters. The summed E-state index contributed by atoms with van der Waals surface area (Å²) >= 11 is 0. The average Bonchev–Trinajstić information content (AvgIpc) is 2.90. The Bertz CT molecular complexity index is 695. The largest absolute Gasteiger partial charge is 0.462 e. The molecule has 0 bridgehead atoms. The number of anilines is 1. The van der Waals surface area contributed by atoms with E-state index in [1.165, 1.54) is 12.3 Å². The summed E-state index contributed by atoms with van der Waals surface area (Å²) in [6, 6.07) is 5.08. The monoisotopic (exact) mass is 319 g/mol. The van der Waals surface area contributed by atoms with Crippen LogP contribution in [-0.2, 0) is 11.3 Å². The van der Waals surface area contributed by atoms with E-state index in [0.29, 0.717) is 23.5 Å². The van der Waals surface area contributed by atoms with Crippen LogP contribution in [0.15, 0.2) is 24.4 Å². The molecule has 5 nitrogen and oxygen atoms in total. The third-order valence-corrected chi connectivity index (χ3v) is 3.31. The number of esters is 1. The van der Waals surface area contributed by atoms with Crippen LogP contribution in [0.1, 0.15) is 38.1 Å². The van der Waals surface area contributed by atoms with E-state index in [-0.39, 0.29) is 18.2 Å². The molecule has 0 spiro atoms. The van der Waals surface area contributed by atoms with Gasteiger partial charge >= 0.3 is 5.97 Å². The van der Waals surface area contributed by atoms with E-state index in [4.69, 9.17) is 4.74 Å². The molecule has 1 aromatic heterocycles. The topological polar surface area (TPSA) is 56.1 Å². The van der Waals surface area contributed by atoms with E-state index in [1.54, 1.807) is 23.7 Å². The van der Waals surface area contributed by atoms with Crippen LogP contribution in [-0.4, -0.2) is 28.4 Å². The number of nitrogens with zero attached hydrogens (tertiary/aromatic N) is 2. The molecule has 0 saturated heterocycles. The first-order chi connectivity index (χ1) is 11.0. The second kappa shape index (κ2) is 7.26. The lowest BCUT2D eigenvalue weighted by molar-refractivity contribution is 0.0527. The van der Waals surface area contributed by atoms with Gasteiger partial charge in [0, 0.05) is 23.8 Å². The maximum atomic E-state index is 14.6. The Balaban J connectivity index is 2.48. The van der Waals surface area contributed by atoms with Gasteiger partial charge in [-0.2, -0.15) is 5.10 Å². The number of carbonyl (C=O) groups is 1. The van der Waals surface area contributed by atoms with Crippen LogP contribution >= 0.6 is 0 Å². The lowest BCUT2D eigenvalue weighted by Crippen LogP contribution is -2.10. The number of carbonyl (C=O) groups excluding carboxylic acids is 1. The maximum Gasteiger partial charge on any atom is 0.341 e. The molecule has 0 aliphatic heterocycles. The fourth-order valence-electron chi connectivity index (χ4n) is 2.40. The van der Waals surface area contributed by atoms with Crippen LogP contribution in [0.5, 0.6) is 0 Å². The number of nitrogens with one attached hydrogen (secondary N) is 1. The molecule has 0 fully saturated rings. The highest BCUT2D eigenvalue weighted by molar-refractivity contribution is 5.96. The molecule has 1 N–H and O–H groups in total. The van der Waals surface area contributed by atoms with Crippen LogP contribution < -0.4 is 5.32 Å². The molecule has 124 valence electrons. The number of benzene rings is 1. The third-order valence-electron chi connectivity index (χ3n) is 3.31. The SMILES string of the molecule is CCOC(=O)c1cnn(CC)c1-c1ccc(NC(C)C)cc1F. The van der Waals surface area contributed by atoms with Crippen molar-refractivity contribution >= 4 is 11.7 Å². The molecule has 2 aromatic rings. The molecule has 0 aliphatic rings. The Morgan fingerprint density at radius 1 is 1.39 bits per heavy atom. The molecule has 0 radical (unpaired) electrons. The van der Waals surface area contributed by atoms with Crippen molar-refractivity contribution in [3.8, 4) is 11.3 Å². The molecular weight excluding hydrogens is 297 g/mol. The normalized spacial score (nSPS) is 10.9. The minimum Gasteiger partial charge on any atom is -0.462 e. The molecule has 6 heteroatoms. The first-order valence-electron chi connectivity index (χ1n) is 7.77. The van der Waals surface area contributed by atoms with E-state index >= 15 is 0 Å². The van der Waals surface area contributed by atoms with Crippen LogP contribution in [0.2, 0.25) is 0 Å². The fourth-order valence-corrected chi connectivity index (χ4v) is 2.40. The molecule has 0 saturated carbocycles. The molecule has 23 heavy (non-hydrogen) atoms. The van der Waals surface area contributed by atoms with Gasteiger partial charge in [0.2, 0.25) is 0 Å². The summed E-state index contributed by atoms with van der Waals surface area (Å²) in [6.07, 6.45) is 1.43. The van der Waals surface area contributed by atoms with Gasteiger partial charge in [-0.05, 0) is 45.9 Å². The Kier molecular flexibility index (Phi) is 5.36. The zero-order chi connectivity index (χ0) is 17.0. The van der Waals surface area contributed by atoms with Gasteiger partial charge in [-0.3, -0.25) is 4.68 Å². The molecule has 0 aliphatic carbocycles. The van der Waals surface area contributed by atoms with Gasteiger partial charge in [-0.15, -0.1) is 0 Å². The average molecular weight is 319 g/mol. The van der Waals surface area contributed by atoms with E-state index in [0.717, 1.165) is 0 Å². The minimum absolute atomic E-state index is 0.205. The van der Waals surface area contributed by atoms with Crippen molar-refractivity contribution < 1.29 is 13.9 Å². The van der Waals surface area contributed by atoms with E-state index in [9.17, 15) is 9.18 Å². The fraction of sp³-hybridized carbons (Fsp3) is 0.412. The summed E-state index contributed by atoms with van der Waals surface area (Å²) in [5, 5.41) is 7.31. The van der Waals surface area contributed by atoms with Gasteiger partial charge < -0.3 is 10.1 Å². The van der Waals surface area contributed by atoms with Crippen molar-refractivity contribution in [3.05, 3.63) is 35.8 Å². The van der Waals surface area contributed by atoms with E-state index < -0.39 is 11.8 Å². The van der Waals surface area contributed by atoms with Gasteiger partial charge in [-0.1, -0.05) is 0 Å². The first-order valence-corrected chi connectivity index (χ1v) is 7.77. The van der Waals surface area contributed by atoms with Crippen LogP contribution in [0.25, 0.3) is 11.3 Å². The zero-order valence-electron chi connectivity index (χ0n) is 13.9. The second-order valence-corrected chi connectivity index (χ2v) is 5.44. The first kappa shape index (κ1) is 17.0. The van der Waals surface area contributed by atoms with Crippen molar-refractivity contribution in [1.29, 1.82) is 0 Å². The van der Waals surface area contributed by atoms with Crippen molar-refractivity contribution in [2.45, 2.75) is 40.3 Å². The number of hydrogen-bond acceptors (Lipinski definition) is 4. The third kappa shape index (κ3) is 3.70. The van der Waals surface area contributed by atoms with Crippen molar-refractivity contribution in [2.24, 2.45) is 0 Å². The summed E-state index contributed by atoms with van der Waals surface area (Å²) in [6.45, 7) is 8.37. The summed E-state index contributed by atoms with van der Waals surface area (Å²) in [5.74, 6) is -0.901. The lowest BCUT2D eigenvalue weighted by atomic mass is 10.1. The number of halogens is 1. The summed E-state index contributed by atoms with van der Waals surface area (Å²) in [4.78, 5) is 12.1. The molecular formula is C17H22FN3O2. The van der Waals surface area contributed by atoms with Gasteiger partial charge in [-0.25, -0.2) is 9.18 Å². The highest BCUT2D eigenvalue weighted by Gasteiger charge is 2.22. The van der Waals surface area contributed by atoms with Gasteiger partial charge in [0.1, 0.15) is 11.4 Å². The van der Waals surface area contributed by atoms with E-state index in [1.807, 2.05) is 20.8 Å². The quantitative estimate of drug-likeness (QED) is 0.825. The van der Waals surface area contributed by atoms with Crippen molar-refractivity contribution in [1.82, 2.24) is 9.78 Å². The minimum atomic E-state index is -0.494. The molecule has 0 amide bonds. The standard InChI is InChI=1S/C17H22FN3O2/c1-5-21-16(14(10-19-21)17(22)23-6-2)13-8-7-12(9-15(13)18)20-11(3)4/h7-11,20H,5-6H2,1-4H3. The number of hydrogen-bond donors (Lipinski definition) is 1. The summed E-state index contributed by atoms with van der Waals surface area (Å²) in [7, 11) is 0. The molecule has 1 aromatic carbocycles. The number of aryl methyl sites for hydroxylation is 1. The van der Waals surface area contributed by atoms with Gasteiger partial charge in [0.25, 0.3) is 0 Å². The van der Waals surface area contributed by atoms with Crippen molar-refractivity contribution in [2.75, 3.05) is 11.9 Å². The predicted molar refractivity (Wildman–Crippen MR) is 88.0 cm³/mol. The maximum absolute atomic E-state index is 14.6. The van der Waals surface area contributed by atoms with Crippen molar-refractivity contribution in [3.63, 3.8) is 0 Å². The van der Waals surface area contributed by atoms with Crippen LogP contribution in [0, 0.1) is 5.82 Å².